The maximum Gasteiger partial charge on any atom is 0.433 e. The summed E-state index contributed by atoms with van der Waals surface area (Å²) in [5, 5.41) is 3.59. The van der Waals surface area contributed by atoms with E-state index in [-0.39, 0.29) is 10.5 Å². The topological polar surface area (TPSA) is 110 Å². The lowest BCUT2D eigenvalue weighted by molar-refractivity contribution is -0.145. The van der Waals surface area contributed by atoms with Gasteiger partial charge in [-0.25, -0.2) is 8.42 Å². The number of benzene rings is 1. The molecule has 0 saturated heterocycles. The Morgan fingerprint density at radius 2 is 1.61 bits per heavy atom. The number of nitrogens with one attached hydrogen (secondary N) is 2. The van der Waals surface area contributed by atoms with Gasteiger partial charge in [-0.05, 0) is 38.1 Å². The lowest BCUT2D eigenvalue weighted by Gasteiger charge is -2.15. The highest BCUT2D eigenvalue weighted by atomic mass is 32.2. The Bertz CT molecular complexity index is 996. The fourth-order valence-electron chi connectivity index (χ4n) is 2.31. The van der Waals surface area contributed by atoms with Crippen LogP contribution in [0.3, 0.4) is 0 Å². The zero-order valence-electron chi connectivity index (χ0n) is 15.0. The first-order chi connectivity index (χ1) is 12.8. The van der Waals surface area contributed by atoms with Crippen LogP contribution >= 0.6 is 0 Å². The summed E-state index contributed by atoms with van der Waals surface area (Å²) in [6.45, 7) is 2.96. The molecule has 0 unspecified atom stereocenters. The molecule has 8 nitrogen and oxygen atoms in total. The van der Waals surface area contributed by atoms with Gasteiger partial charge in [0, 0.05) is 17.9 Å². The average Bonchev–Trinajstić information content (AvgIpc) is 3.04. The van der Waals surface area contributed by atoms with Crippen molar-refractivity contribution in [2.24, 2.45) is 0 Å². The van der Waals surface area contributed by atoms with Crippen LogP contribution in [0.4, 0.5) is 13.2 Å². The summed E-state index contributed by atoms with van der Waals surface area (Å²) < 4.78 is 63.3. The van der Waals surface area contributed by atoms with Crippen molar-refractivity contribution >= 4 is 21.7 Å². The zero-order chi connectivity index (χ0) is 21.3. The summed E-state index contributed by atoms with van der Waals surface area (Å²) in [6, 6.07) is 4.16. The standard InChI is InChI=1S/C16H17F3N4O4S/c1-9(2)23-13(16(17,18)19)12(8-20-23)15(25)22-21-14(24)10-4-6-11(7-5-10)28(3,26)27/h4-9H,1-3H3,(H,21,24)(H,22,25). The van der Waals surface area contributed by atoms with Crippen molar-refractivity contribution in [3.05, 3.63) is 47.3 Å². The third kappa shape index (κ3) is 4.68. The molecule has 0 aliphatic heterocycles. The van der Waals surface area contributed by atoms with E-state index in [0.29, 0.717) is 4.68 Å². The molecule has 28 heavy (non-hydrogen) atoms. The molecule has 0 atom stereocenters. The van der Waals surface area contributed by atoms with Crippen molar-refractivity contribution in [2.45, 2.75) is 31.0 Å². The molecule has 2 aromatic rings. The lowest BCUT2D eigenvalue weighted by atomic mass is 10.2. The Hall–Kier alpha value is -2.89. The predicted octanol–water partition coefficient (Wildman–Crippen LogP) is 1.96. The van der Waals surface area contributed by atoms with E-state index in [4.69, 9.17) is 0 Å². The number of hydrogen-bond donors (Lipinski definition) is 2. The van der Waals surface area contributed by atoms with E-state index in [1.807, 2.05) is 10.9 Å². The number of rotatable bonds is 4. The van der Waals surface area contributed by atoms with E-state index in [1.54, 1.807) is 0 Å². The zero-order valence-corrected chi connectivity index (χ0v) is 15.9. The van der Waals surface area contributed by atoms with Gasteiger partial charge in [-0.1, -0.05) is 0 Å². The van der Waals surface area contributed by atoms with Crippen molar-refractivity contribution in [3.63, 3.8) is 0 Å². The van der Waals surface area contributed by atoms with Crippen LogP contribution in [0.1, 0.15) is 46.3 Å². The minimum Gasteiger partial charge on any atom is -0.267 e. The van der Waals surface area contributed by atoms with Gasteiger partial charge in [0.05, 0.1) is 16.7 Å². The molecule has 1 heterocycles. The quantitative estimate of drug-likeness (QED) is 0.738. The van der Waals surface area contributed by atoms with Crippen LogP contribution in [0.2, 0.25) is 0 Å². The molecule has 0 radical (unpaired) electrons. The summed E-state index contributed by atoms with van der Waals surface area (Å²) in [5.74, 6) is -2.03. The molecule has 152 valence electrons. The van der Waals surface area contributed by atoms with E-state index in [2.05, 4.69) is 5.10 Å². The van der Waals surface area contributed by atoms with Crippen LogP contribution in [0.25, 0.3) is 0 Å². The third-order valence-corrected chi connectivity index (χ3v) is 4.76. The number of alkyl halides is 3. The van der Waals surface area contributed by atoms with Gasteiger partial charge < -0.3 is 0 Å². The second kappa shape index (κ2) is 7.62. The number of halogens is 3. The molecule has 0 aliphatic carbocycles. The van der Waals surface area contributed by atoms with Crippen molar-refractivity contribution in [1.29, 1.82) is 0 Å². The minimum atomic E-state index is -4.82. The molecular weight excluding hydrogens is 401 g/mol. The molecule has 2 rings (SSSR count). The van der Waals surface area contributed by atoms with Crippen LogP contribution in [-0.4, -0.2) is 36.3 Å². The first-order valence-corrected chi connectivity index (χ1v) is 9.77. The van der Waals surface area contributed by atoms with Gasteiger partial charge in [-0.2, -0.15) is 18.3 Å². The molecule has 2 amide bonds. The van der Waals surface area contributed by atoms with Crippen molar-refractivity contribution < 1.29 is 31.2 Å². The van der Waals surface area contributed by atoms with E-state index in [1.165, 1.54) is 38.1 Å². The van der Waals surface area contributed by atoms with E-state index < -0.39 is 45.1 Å². The highest BCUT2D eigenvalue weighted by molar-refractivity contribution is 7.90. The molecule has 0 spiro atoms. The Morgan fingerprint density at radius 1 is 1.07 bits per heavy atom. The molecular formula is C16H17F3N4O4S. The molecule has 1 aromatic heterocycles. The first kappa shape index (κ1) is 21.4. The fourth-order valence-corrected chi connectivity index (χ4v) is 2.94. The molecule has 0 bridgehead atoms. The Labute approximate surface area is 158 Å². The van der Waals surface area contributed by atoms with Crippen molar-refractivity contribution in [3.8, 4) is 0 Å². The van der Waals surface area contributed by atoms with Gasteiger partial charge in [0.2, 0.25) is 0 Å². The van der Waals surface area contributed by atoms with Gasteiger partial charge in [-0.15, -0.1) is 0 Å². The molecule has 0 saturated carbocycles. The summed E-state index contributed by atoms with van der Waals surface area (Å²) in [4.78, 5) is 24.1. The minimum absolute atomic E-state index is 0.00150. The largest absolute Gasteiger partial charge is 0.433 e. The molecule has 0 aliphatic rings. The first-order valence-electron chi connectivity index (χ1n) is 7.88. The number of amides is 2. The second-order valence-corrected chi connectivity index (χ2v) is 8.16. The number of aromatic nitrogens is 2. The maximum absolute atomic E-state index is 13.3. The highest BCUT2D eigenvalue weighted by Crippen LogP contribution is 2.33. The van der Waals surface area contributed by atoms with Crippen LogP contribution in [-0.2, 0) is 16.0 Å². The Balaban J connectivity index is 2.15. The number of hydrogen-bond acceptors (Lipinski definition) is 5. The second-order valence-electron chi connectivity index (χ2n) is 6.15. The SMILES string of the molecule is CC(C)n1ncc(C(=O)NNC(=O)c2ccc(S(C)(=O)=O)cc2)c1C(F)(F)F. The number of carbonyl (C=O) groups excluding carboxylic acids is 2. The molecule has 12 heteroatoms. The highest BCUT2D eigenvalue weighted by Gasteiger charge is 2.40. The van der Waals surface area contributed by atoms with Crippen LogP contribution < -0.4 is 10.9 Å². The molecule has 2 N–H and O–H groups in total. The monoisotopic (exact) mass is 418 g/mol. The van der Waals surface area contributed by atoms with Crippen LogP contribution in [0, 0.1) is 0 Å². The van der Waals surface area contributed by atoms with Gasteiger partial charge in [0.15, 0.2) is 15.5 Å². The van der Waals surface area contributed by atoms with Crippen LogP contribution in [0.15, 0.2) is 35.4 Å². The predicted molar refractivity (Wildman–Crippen MR) is 92.1 cm³/mol. The van der Waals surface area contributed by atoms with E-state index >= 15 is 0 Å². The average molecular weight is 418 g/mol. The normalized spacial score (nSPS) is 12.1. The summed E-state index contributed by atoms with van der Waals surface area (Å²) in [7, 11) is -3.45. The van der Waals surface area contributed by atoms with Gasteiger partial charge in [-0.3, -0.25) is 25.1 Å². The number of nitrogens with zero attached hydrogens (tertiary/aromatic N) is 2. The summed E-state index contributed by atoms with van der Waals surface area (Å²) >= 11 is 0. The summed E-state index contributed by atoms with van der Waals surface area (Å²) in [5.41, 5.74) is 1.91. The lowest BCUT2D eigenvalue weighted by Crippen LogP contribution is -2.42. The smallest absolute Gasteiger partial charge is 0.267 e. The Kier molecular flexibility index (Phi) is 5.83. The third-order valence-electron chi connectivity index (χ3n) is 3.63. The van der Waals surface area contributed by atoms with Gasteiger partial charge in [0.25, 0.3) is 11.8 Å². The Morgan fingerprint density at radius 3 is 2.07 bits per heavy atom. The maximum atomic E-state index is 13.3. The van der Waals surface area contributed by atoms with Crippen LogP contribution in [0.5, 0.6) is 0 Å². The number of carbonyl (C=O) groups is 2. The number of sulfone groups is 1. The van der Waals surface area contributed by atoms with E-state index in [9.17, 15) is 31.2 Å². The van der Waals surface area contributed by atoms with Crippen molar-refractivity contribution in [2.75, 3.05) is 6.26 Å². The van der Waals surface area contributed by atoms with Crippen molar-refractivity contribution in [1.82, 2.24) is 20.6 Å². The fraction of sp³-hybridized carbons (Fsp3) is 0.312. The summed E-state index contributed by atoms with van der Waals surface area (Å²) in [6.07, 6.45) is -3.05. The number of hydrazine groups is 1. The van der Waals surface area contributed by atoms with E-state index in [0.717, 1.165) is 12.5 Å². The van der Waals surface area contributed by atoms with Gasteiger partial charge in [0.1, 0.15) is 0 Å². The van der Waals surface area contributed by atoms with Gasteiger partial charge >= 0.3 is 6.18 Å². The molecule has 0 fully saturated rings. The molecule has 1 aromatic carbocycles.